The molecule has 0 spiro atoms. The standard InChI is InChI=1S/C15H24N2O3/c1-4-18-14-10-16-8-7-13(14)20-15-6-5-12(9-17-15)19-11(2)3/h5-6,9,11,13-14,16H,4,7-8,10H2,1-3H3/t13-,14-/m0/s1. The van der Waals surface area contributed by atoms with Crippen LogP contribution in [0.3, 0.4) is 0 Å². The zero-order valence-electron chi connectivity index (χ0n) is 12.5. The molecule has 0 saturated carbocycles. The van der Waals surface area contributed by atoms with Gasteiger partial charge in [0.05, 0.1) is 12.3 Å². The normalized spacial score (nSPS) is 22.8. The third-order valence-electron chi connectivity index (χ3n) is 3.10. The predicted octanol–water partition coefficient (Wildman–Crippen LogP) is 2.01. The van der Waals surface area contributed by atoms with E-state index in [-0.39, 0.29) is 18.3 Å². The van der Waals surface area contributed by atoms with Crippen LogP contribution in [-0.2, 0) is 4.74 Å². The third-order valence-corrected chi connectivity index (χ3v) is 3.10. The van der Waals surface area contributed by atoms with Gasteiger partial charge in [0.15, 0.2) is 0 Å². The summed E-state index contributed by atoms with van der Waals surface area (Å²) in [5.41, 5.74) is 0. The van der Waals surface area contributed by atoms with Gasteiger partial charge in [0.25, 0.3) is 0 Å². The Morgan fingerprint density at radius 3 is 2.85 bits per heavy atom. The van der Waals surface area contributed by atoms with E-state index in [0.29, 0.717) is 12.5 Å². The summed E-state index contributed by atoms with van der Waals surface area (Å²) in [7, 11) is 0. The number of piperidine rings is 1. The van der Waals surface area contributed by atoms with Gasteiger partial charge in [0.1, 0.15) is 18.0 Å². The first kappa shape index (κ1) is 15.1. The zero-order valence-corrected chi connectivity index (χ0v) is 12.5. The first-order valence-electron chi connectivity index (χ1n) is 7.30. The smallest absolute Gasteiger partial charge is 0.213 e. The van der Waals surface area contributed by atoms with Gasteiger partial charge >= 0.3 is 0 Å². The second-order valence-electron chi connectivity index (χ2n) is 5.14. The number of ether oxygens (including phenoxy) is 3. The Morgan fingerprint density at radius 1 is 1.35 bits per heavy atom. The molecule has 0 bridgehead atoms. The van der Waals surface area contributed by atoms with Crippen LogP contribution in [0.4, 0.5) is 0 Å². The van der Waals surface area contributed by atoms with Crippen molar-refractivity contribution in [3.63, 3.8) is 0 Å². The second-order valence-corrected chi connectivity index (χ2v) is 5.14. The number of pyridine rings is 1. The SMILES string of the molecule is CCO[C@H]1CNCC[C@@H]1Oc1ccc(OC(C)C)cn1. The van der Waals surface area contributed by atoms with Crippen molar-refractivity contribution in [1.29, 1.82) is 0 Å². The minimum Gasteiger partial charge on any atom is -0.489 e. The molecule has 1 aromatic rings. The lowest BCUT2D eigenvalue weighted by atomic mass is 10.1. The zero-order chi connectivity index (χ0) is 14.4. The highest BCUT2D eigenvalue weighted by molar-refractivity contribution is 5.23. The summed E-state index contributed by atoms with van der Waals surface area (Å²) in [6, 6.07) is 3.74. The molecule has 1 saturated heterocycles. The minimum atomic E-state index is 0.0561. The van der Waals surface area contributed by atoms with Gasteiger partial charge in [-0.2, -0.15) is 0 Å². The topological polar surface area (TPSA) is 52.6 Å². The van der Waals surface area contributed by atoms with Gasteiger partial charge in [0, 0.05) is 19.2 Å². The van der Waals surface area contributed by atoms with Crippen LogP contribution in [0.2, 0.25) is 0 Å². The molecule has 2 atom stereocenters. The lowest BCUT2D eigenvalue weighted by Crippen LogP contribution is -2.48. The van der Waals surface area contributed by atoms with Crippen LogP contribution in [-0.4, -0.2) is 43.0 Å². The first-order chi connectivity index (χ1) is 9.69. The van der Waals surface area contributed by atoms with E-state index < -0.39 is 0 Å². The molecule has 0 unspecified atom stereocenters. The number of nitrogens with one attached hydrogen (secondary N) is 1. The number of hydrogen-bond acceptors (Lipinski definition) is 5. The molecule has 1 aliphatic rings. The molecule has 1 fully saturated rings. The van der Waals surface area contributed by atoms with Crippen LogP contribution < -0.4 is 14.8 Å². The fourth-order valence-electron chi connectivity index (χ4n) is 2.25. The van der Waals surface area contributed by atoms with Gasteiger partial charge in [-0.25, -0.2) is 4.98 Å². The number of nitrogens with zero attached hydrogens (tertiary/aromatic N) is 1. The average Bonchev–Trinajstić information content (AvgIpc) is 2.43. The van der Waals surface area contributed by atoms with E-state index >= 15 is 0 Å². The quantitative estimate of drug-likeness (QED) is 0.864. The molecule has 1 aliphatic heterocycles. The van der Waals surface area contributed by atoms with E-state index in [1.54, 1.807) is 6.20 Å². The summed E-state index contributed by atoms with van der Waals surface area (Å²) in [5.74, 6) is 1.39. The molecule has 1 aromatic heterocycles. The summed E-state index contributed by atoms with van der Waals surface area (Å²) < 4.78 is 17.2. The van der Waals surface area contributed by atoms with Crippen LogP contribution in [0.25, 0.3) is 0 Å². The summed E-state index contributed by atoms with van der Waals surface area (Å²) in [6.07, 6.45) is 2.92. The Balaban J connectivity index is 1.94. The molecular formula is C15H24N2O3. The predicted molar refractivity (Wildman–Crippen MR) is 77.3 cm³/mol. The molecule has 2 rings (SSSR count). The van der Waals surface area contributed by atoms with Crippen molar-refractivity contribution in [2.24, 2.45) is 0 Å². The van der Waals surface area contributed by atoms with E-state index in [1.807, 2.05) is 32.9 Å². The minimum absolute atomic E-state index is 0.0561. The van der Waals surface area contributed by atoms with Crippen LogP contribution in [0.15, 0.2) is 18.3 Å². The largest absolute Gasteiger partial charge is 0.489 e. The van der Waals surface area contributed by atoms with E-state index in [0.717, 1.165) is 25.3 Å². The summed E-state index contributed by atoms with van der Waals surface area (Å²) in [4.78, 5) is 4.30. The number of hydrogen-bond donors (Lipinski definition) is 1. The van der Waals surface area contributed by atoms with Gasteiger partial charge in [-0.3, -0.25) is 0 Å². The number of rotatable bonds is 6. The fourth-order valence-corrected chi connectivity index (χ4v) is 2.25. The van der Waals surface area contributed by atoms with Crippen molar-refractivity contribution in [2.45, 2.75) is 45.5 Å². The molecule has 112 valence electrons. The Morgan fingerprint density at radius 2 is 2.20 bits per heavy atom. The highest BCUT2D eigenvalue weighted by Gasteiger charge is 2.27. The molecular weight excluding hydrogens is 256 g/mol. The molecule has 0 aliphatic carbocycles. The molecule has 5 nitrogen and oxygen atoms in total. The van der Waals surface area contributed by atoms with Gasteiger partial charge in [-0.1, -0.05) is 0 Å². The van der Waals surface area contributed by atoms with Gasteiger partial charge in [-0.05, 0) is 39.8 Å². The molecule has 0 amide bonds. The lowest BCUT2D eigenvalue weighted by molar-refractivity contribution is -0.0359. The van der Waals surface area contributed by atoms with Crippen molar-refractivity contribution in [3.8, 4) is 11.6 Å². The maximum Gasteiger partial charge on any atom is 0.213 e. The lowest BCUT2D eigenvalue weighted by Gasteiger charge is -2.31. The first-order valence-corrected chi connectivity index (χ1v) is 7.30. The highest BCUT2D eigenvalue weighted by atomic mass is 16.5. The average molecular weight is 280 g/mol. The maximum atomic E-state index is 5.95. The Bertz CT molecular complexity index is 393. The monoisotopic (exact) mass is 280 g/mol. The molecule has 0 aromatic carbocycles. The Kier molecular flexibility index (Phi) is 5.61. The van der Waals surface area contributed by atoms with Crippen LogP contribution >= 0.6 is 0 Å². The molecule has 5 heteroatoms. The van der Waals surface area contributed by atoms with Crippen molar-refractivity contribution in [3.05, 3.63) is 18.3 Å². The fraction of sp³-hybridized carbons (Fsp3) is 0.667. The van der Waals surface area contributed by atoms with Crippen molar-refractivity contribution in [2.75, 3.05) is 19.7 Å². The molecule has 20 heavy (non-hydrogen) atoms. The highest BCUT2D eigenvalue weighted by Crippen LogP contribution is 2.19. The van der Waals surface area contributed by atoms with Gasteiger partial charge in [0.2, 0.25) is 5.88 Å². The molecule has 1 N–H and O–H groups in total. The van der Waals surface area contributed by atoms with E-state index in [4.69, 9.17) is 14.2 Å². The maximum absolute atomic E-state index is 5.95. The summed E-state index contributed by atoms with van der Waals surface area (Å²) in [6.45, 7) is 8.46. The molecule has 0 radical (unpaired) electrons. The Labute approximate surface area is 120 Å². The van der Waals surface area contributed by atoms with Crippen LogP contribution in [0.5, 0.6) is 11.6 Å². The summed E-state index contributed by atoms with van der Waals surface area (Å²) in [5, 5.41) is 3.32. The number of aromatic nitrogens is 1. The third kappa shape index (κ3) is 4.35. The van der Waals surface area contributed by atoms with Crippen molar-refractivity contribution in [1.82, 2.24) is 10.3 Å². The van der Waals surface area contributed by atoms with Crippen molar-refractivity contribution < 1.29 is 14.2 Å². The van der Waals surface area contributed by atoms with Crippen molar-refractivity contribution >= 4 is 0 Å². The summed E-state index contributed by atoms with van der Waals surface area (Å²) >= 11 is 0. The van der Waals surface area contributed by atoms with E-state index in [9.17, 15) is 0 Å². The van der Waals surface area contributed by atoms with Crippen LogP contribution in [0.1, 0.15) is 27.2 Å². The Hall–Kier alpha value is -1.33. The van der Waals surface area contributed by atoms with Gasteiger partial charge in [-0.15, -0.1) is 0 Å². The van der Waals surface area contributed by atoms with Gasteiger partial charge < -0.3 is 19.5 Å². The van der Waals surface area contributed by atoms with E-state index in [2.05, 4.69) is 10.3 Å². The molecule has 2 heterocycles. The van der Waals surface area contributed by atoms with E-state index in [1.165, 1.54) is 0 Å². The second kappa shape index (κ2) is 7.45. The van der Waals surface area contributed by atoms with Crippen LogP contribution in [0, 0.1) is 0 Å².